The van der Waals surface area contributed by atoms with Gasteiger partial charge in [0.25, 0.3) is 0 Å². The highest BCUT2D eigenvalue weighted by Crippen LogP contribution is 2.25. The van der Waals surface area contributed by atoms with Crippen LogP contribution in [0.3, 0.4) is 0 Å². The van der Waals surface area contributed by atoms with Gasteiger partial charge in [0.2, 0.25) is 0 Å². The fourth-order valence-corrected chi connectivity index (χ4v) is 3.02. The molecule has 0 atom stereocenters. The SMILES string of the molecule is CC(C)(CCCc1ccc(/C=C\c2ccc(CCCC(C)(C)C(=O)O)o2)o1)C(=O)O. The topological polar surface area (TPSA) is 101 Å². The Hall–Kier alpha value is -2.76. The third-order valence-corrected chi connectivity index (χ3v) is 5.38. The maximum atomic E-state index is 11.2. The van der Waals surface area contributed by atoms with Crippen molar-refractivity contribution in [3.05, 3.63) is 47.3 Å². The zero-order valence-corrected chi connectivity index (χ0v) is 18.2. The Morgan fingerprint density at radius 1 is 0.767 bits per heavy atom. The van der Waals surface area contributed by atoms with Crippen LogP contribution in [0.4, 0.5) is 0 Å². The Kier molecular flexibility index (Phi) is 7.71. The molecule has 0 aromatic carbocycles. The zero-order chi connectivity index (χ0) is 22.4. The molecule has 0 bridgehead atoms. The van der Waals surface area contributed by atoms with Gasteiger partial charge in [-0.1, -0.05) is 0 Å². The number of aryl methyl sites for hydroxylation is 2. The fraction of sp³-hybridized carbons (Fsp3) is 0.500. The Morgan fingerprint density at radius 2 is 1.13 bits per heavy atom. The van der Waals surface area contributed by atoms with Crippen molar-refractivity contribution in [1.29, 1.82) is 0 Å². The molecule has 0 unspecified atom stereocenters. The molecule has 164 valence electrons. The number of carboxylic acids is 2. The molecule has 0 amide bonds. The highest BCUT2D eigenvalue weighted by atomic mass is 16.4. The van der Waals surface area contributed by atoms with Crippen LogP contribution in [0.15, 0.2) is 33.1 Å². The molecule has 2 N–H and O–H groups in total. The van der Waals surface area contributed by atoms with E-state index in [0.717, 1.165) is 24.4 Å². The molecule has 0 spiro atoms. The van der Waals surface area contributed by atoms with E-state index in [1.807, 2.05) is 36.4 Å². The maximum Gasteiger partial charge on any atom is 0.309 e. The second kappa shape index (κ2) is 9.83. The summed E-state index contributed by atoms with van der Waals surface area (Å²) in [6, 6.07) is 7.58. The summed E-state index contributed by atoms with van der Waals surface area (Å²) in [6.45, 7) is 6.93. The standard InChI is InChI=1S/C24H32O6/c1-23(2,21(25)26)15-5-7-17-9-11-19(29-17)13-14-20-12-10-18(30-20)8-6-16-24(3,4)22(27)28/h9-14H,5-8,15-16H2,1-4H3,(H,25,26)(H,27,28)/b14-13-. The minimum atomic E-state index is -0.783. The molecular formula is C24H32O6. The number of hydrogen-bond donors (Lipinski definition) is 2. The Bertz CT molecular complexity index is 809. The summed E-state index contributed by atoms with van der Waals surface area (Å²) in [6.07, 6.45) is 7.73. The van der Waals surface area contributed by atoms with Crippen LogP contribution in [0.25, 0.3) is 12.2 Å². The molecule has 2 aromatic rings. The molecule has 0 saturated carbocycles. The second-order valence-electron chi connectivity index (χ2n) is 9.03. The minimum absolute atomic E-state index is 0.590. The first kappa shape index (κ1) is 23.5. The molecule has 0 saturated heterocycles. The molecule has 0 fully saturated rings. The van der Waals surface area contributed by atoms with Gasteiger partial charge >= 0.3 is 11.9 Å². The molecular weight excluding hydrogens is 384 g/mol. The van der Waals surface area contributed by atoms with Gasteiger partial charge in [0, 0.05) is 12.8 Å². The normalized spacial score (nSPS) is 12.5. The zero-order valence-electron chi connectivity index (χ0n) is 18.2. The van der Waals surface area contributed by atoms with Gasteiger partial charge in [0.15, 0.2) is 0 Å². The number of carboxylic acid groups (broad SMARTS) is 2. The van der Waals surface area contributed by atoms with Crippen LogP contribution in [0, 0.1) is 10.8 Å². The average Bonchev–Trinajstić information content (AvgIpc) is 3.29. The third-order valence-electron chi connectivity index (χ3n) is 5.38. The summed E-state index contributed by atoms with van der Waals surface area (Å²) in [4.78, 5) is 22.3. The van der Waals surface area contributed by atoms with Gasteiger partial charge in [0.05, 0.1) is 10.8 Å². The highest BCUT2D eigenvalue weighted by Gasteiger charge is 2.27. The first-order chi connectivity index (χ1) is 14.0. The lowest BCUT2D eigenvalue weighted by Gasteiger charge is -2.18. The summed E-state index contributed by atoms with van der Waals surface area (Å²) in [5.74, 6) is 1.52. The third kappa shape index (κ3) is 6.94. The molecule has 2 rings (SSSR count). The molecule has 0 aliphatic heterocycles. The summed E-state index contributed by atoms with van der Waals surface area (Å²) in [5.41, 5.74) is -1.45. The molecule has 6 heteroatoms. The van der Waals surface area contributed by atoms with Gasteiger partial charge in [-0.2, -0.15) is 0 Å². The minimum Gasteiger partial charge on any atom is -0.481 e. The molecule has 2 aromatic heterocycles. The summed E-state index contributed by atoms with van der Waals surface area (Å²) in [7, 11) is 0. The number of aliphatic carboxylic acids is 2. The van der Waals surface area contributed by atoms with Crippen LogP contribution >= 0.6 is 0 Å². The van der Waals surface area contributed by atoms with Gasteiger partial charge in [-0.05, 0) is 89.8 Å². The van der Waals surface area contributed by atoms with Gasteiger partial charge in [-0.25, -0.2) is 0 Å². The van der Waals surface area contributed by atoms with Gasteiger partial charge in [-0.15, -0.1) is 0 Å². The van der Waals surface area contributed by atoms with Crippen LogP contribution < -0.4 is 0 Å². The van der Waals surface area contributed by atoms with E-state index >= 15 is 0 Å². The van der Waals surface area contributed by atoms with E-state index in [9.17, 15) is 9.59 Å². The van der Waals surface area contributed by atoms with Gasteiger partial charge in [0.1, 0.15) is 23.0 Å². The Balaban J connectivity index is 1.82. The van der Waals surface area contributed by atoms with Crippen molar-refractivity contribution in [1.82, 2.24) is 0 Å². The summed E-state index contributed by atoms with van der Waals surface area (Å²) >= 11 is 0. The Labute approximate surface area is 177 Å². The molecule has 0 aliphatic rings. The van der Waals surface area contributed by atoms with Gasteiger partial charge in [-0.3, -0.25) is 9.59 Å². The summed E-state index contributed by atoms with van der Waals surface area (Å²) in [5, 5.41) is 18.3. The fourth-order valence-electron chi connectivity index (χ4n) is 3.02. The smallest absolute Gasteiger partial charge is 0.309 e. The van der Waals surface area contributed by atoms with E-state index in [4.69, 9.17) is 19.0 Å². The van der Waals surface area contributed by atoms with Crippen molar-refractivity contribution in [2.45, 2.75) is 66.2 Å². The van der Waals surface area contributed by atoms with Crippen LogP contribution in [0.5, 0.6) is 0 Å². The van der Waals surface area contributed by atoms with E-state index in [-0.39, 0.29) is 0 Å². The predicted octanol–water partition coefficient (Wildman–Crippen LogP) is 5.91. The number of furan rings is 2. The molecule has 0 radical (unpaired) electrons. The summed E-state index contributed by atoms with van der Waals surface area (Å²) < 4.78 is 11.6. The van der Waals surface area contributed by atoms with E-state index in [0.29, 0.717) is 37.2 Å². The predicted molar refractivity (Wildman–Crippen MR) is 115 cm³/mol. The van der Waals surface area contributed by atoms with E-state index in [1.165, 1.54) is 0 Å². The van der Waals surface area contributed by atoms with Crippen molar-refractivity contribution in [3.63, 3.8) is 0 Å². The Morgan fingerprint density at radius 3 is 1.47 bits per heavy atom. The van der Waals surface area contributed by atoms with Crippen LogP contribution in [-0.4, -0.2) is 22.2 Å². The van der Waals surface area contributed by atoms with Crippen molar-refractivity contribution in [3.8, 4) is 0 Å². The highest BCUT2D eigenvalue weighted by molar-refractivity contribution is 5.73. The van der Waals surface area contributed by atoms with Crippen LogP contribution in [0.1, 0.15) is 76.4 Å². The van der Waals surface area contributed by atoms with Crippen molar-refractivity contribution in [2.24, 2.45) is 10.8 Å². The molecule has 6 nitrogen and oxygen atoms in total. The lowest BCUT2D eigenvalue weighted by molar-refractivity contribution is -0.148. The first-order valence-corrected chi connectivity index (χ1v) is 10.3. The van der Waals surface area contributed by atoms with Crippen LogP contribution in [0.2, 0.25) is 0 Å². The average molecular weight is 417 g/mol. The van der Waals surface area contributed by atoms with E-state index in [2.05, 4.69) is 0 Å². The van der Waals surface area contributed by atoms with Crippen molar-refractivity contribution < 1.29 is 28.6 Å². The first-order valence-electron chi connectivity index (χ1n) is 10.3. The van der Waals surface area contributed by atoms with E-state index in [1.54, 1.807) is 27.7 Å². The van der Waals surface area contributed by atoms with Crippen LogP contribution in [-0.2, 0) is 22.4 Å². The monoisotopic (exact) mass is 416 g/mol. The van der Waals surface area contributed by atoms with Gasteiger partial charge < -0.3 is 19.0 Å². The molecule has 2 heterocycles. The second-order valence-corrected chi connectivity index (χ2v) is 9.03. The maximum absolute atomic E-state index is 11.2. The van der Waals surface area contributed by atoms with E-state index < -0.39 is 22.8 Å². The largest absolute Gasteiger partial charge is 0.481 e. The molecule has 0 aliphatic carbocycles. The number of carbonyl (C=O) groups is 2. The van der Waals surface area contributed by atoms with Crippen molar-refractivity contribution in [2.75, 3.05) is 0 Å². The lowest BCUT2D eigenvalue weighted by Crippen LogP contribution is -2.23. The number of rotatable bonds is 12. The molecule has 30 heavy (non-hydrogen) atoms. The van der Waals surface area contributed by atoms with Crippen molar-refractivity contribution >= 4 is 24.1 Å². The number of hydrogen-bond acceptors (Lipinski definition) is 4. The lowest BCUT2D eigenvalue weighted by atomic mass is 9.87. The quantitative estimate of drug-likeness (QED) is 0.446.